The highest BCUT2D eigenvalue weighted by molar-refractivity contribution is 5.70. The molecule has 1 aromatic carbocycles. The molecule has 1 saturated heterocycles. The second-order valence-electron chi connectivity index (χ2n) is 4.96. The number of hydrogen-bond donors (Lipinski definition) is 1. The van der Waals surface area contributed by atoms with E-state index in [4.69, 9.17) is 5.11 Å². The molecule has 0 bridgehead atoms. The highest BCUT2D eigenvalue weighted by Gasteiger charge is 2.25. The first-order chi connectivity index (χ1) is 9.06. The summed E-state index contributed by atoms with van der Waals surface area (Å²) in [5.74, 6) is -1.97. The van der Waals surface area contributed by atoms with Crippen molar-refractivity contribution >= 4 is 5.97 Å². The molecule has 3 nitrogen and oxygen atoms in total. The number of aliphatic carboxylic acids is 1. The zero-order valence-electron chi connectivity index (χ0n) is 10.6. The Bertz CT molecular complexity index is 465. The van der Waals surface area contributed by atoms with Crippen molar-refractivity contribution in [2.75, 3.05) is 19.6 Å². The first-order valence-corrected chi connectivity index (χ1v) is 6.45. The van der Waals surface area contributed by atoms with Crippen LogP contribution in [0.4, 0.5) is 8.78 Å². The number of piperidine rings is 1. The summed E-state index contributed by atoms with van der Waals surface area (Å²) in [5.41, 5.74) is 0.345. The summed E-state index contributed by atoms with van der Waals surface area (Å²) in [6.45, 7) is 1.87. The van der Waals surface area contributed by atoms with Crippen LogP contribution in [0.15, 0.2) is 18.2 Å². The molecule has 1 heterocycles. The first kappa shape index (κ1) is 13.9. The molecule has 1 aliphatic heterocycles. The maximum atomic E-state index is 13.4. The molecular formula is C14H17F2NO2. The van der Waals surface area contributed by atoms with Crippen LogP contribution in [0.2, 0.25) is 0 Å². The van der Waals surface area contributed by atoms with Crippen LogP contribution in [-0.4, -0.2) is 35.6 Å². The normalized spacial score (nSPS) is 20.4. The second kappa shape index (κ2) is 6.10. The predicted octanol–water partition coefficient (Wildman–Crippen LogP) is 2.30. The lowest BCUT2D eigenvalue weighted by Crippen LogP contribution is -2.39. The summed E-state index contributed by atoms with van der Waals surface area (Å²) in [5, 5.41) is 8.99. The summed E-state index contributed by atoms with van der Waals surface area (Å²) in [6.07, 6.45) is 1.93. The number of likely N-dealkylation sites (tertiary alicyclic amines) is 1. The quantitative estimate of drug-likeness (QED) is 0.911. The molecule has 1 aliphatic rings. The molecule has 1 aromatic rings. The second-order valence-corrected chi connectivity index (χ2v) is 4.96. The summed E-state index contributed by atoms with van der Waals surface area (Å²) < 4.78 is 26.5. The molecular weight excluding hydrogens is 252 g/mol. The van der Waals surface area contributed by atoms with Crippen molar-refractivity contribution in [2.24, 2.45) is 5.92 Å². The molecule has 19 heavy (non-hydrogen) atoms. The summed E-state index contributed by atoms with van der Waals surface area (Å²) in [4.78, 5) is 12.9. The van der Waals surface area contributed by atoms with Crippen molar-refractivity contribution in [3.8, 4) is 0 Å². The average molecular weight is 269 g/mol. The van der Waals surface area contributed by atoms with Gasteiger partial charge in [-0.1, -0.05) is 0 Å². The predicted molar refractivity (Wildman–Crippen MR) is 66.9 cm³/mol. The van der Waals surface area contributed by atoms with E-state index in [9.17, 15) is 13.6 Å². The Morgan fingerprint density at radius 2 is 2.21 bits per heavy atom. The molecule has 0 aromatic heterocycles. The van der Waals surface area contributed by atoms with Gasteiger partial charge in [0.25, 0.3) is 0 Å². The Labute approximate surface area is 110 Å². The van der Waals surface area contributed by atoms with E-state index in [1.165, 1.54) is 6.07 Å². The van der Waals surface area contributed by atoms with E-state index in [2.05, 4.69) is 0 Å². The zero-order valence-corrected chi connectivity index (χ0v) is 10.6. The van der Waals surface area contributed by atoms with Crippen LogP contribution in [-0.2, 0) is 11.2 Å². The van der Waals surface area contributed by atoms with Gasteiger partial charge in [0.05, 0.1) is 5.92 Å². The van der Waals surface area contributed by atoms with E-state index in [1.807, 2.05) is 4.90 Å². The van der Waals surface area contributed by atoms with Gasteiger partial charge in [-0.25, -0.2) is 8.78 Å². The Hall–Kier alpha value is -1.49. The van der Waals surface area contributed by atoms with Crippen molar-refractivity contribution in [1.29, 1.82) is 0 Å². The Morgan fingerprint density at radius 1 is 1.42 bits per heavy atom. The summed E-state index contributed by atoms with van der Waals surface area (Å²) in [7, 11) is 0. The van der Waals surface area contributed by atoms with Crippen LogP contribution in [0, 0.1) is 17.6 Å². The van der Waals surface area contributed by atoms with Crippen LogP contribution < -0.4 is 0 Å². The third-order valence-corrected chi connectivity index (χ3v) is 3.56. The van der Waals surface area contributed by atoms with Crippen LogP contribution in [0.5, 0.6) is 0 Å². The summed E-state index contributed by atoms with van der Waals surface area (Å²) >= 11 is 0. The van der Waals surface area contributed by atoms with E-state index >= 15 is 0 Å². The number of carbonyl (C=O) groups is 1. The van der Waals surface area contributed by atoms with Crippen molar-refractivity contribution in [3.05, 3.63) is 35.4 Å². The van der Waals surface area contributed by atoms with Gasteiger partial charge in [-0.15, -0.1) is 0 Å². The van der Waals surface area contributed by atoms with Gasteiger partial charge < -0.3 is 10.0 Å². The fourth-order valence-corrected chi connectivity index (χ4v) is 2.47. The van der Waals surface area contributed by atoms with Gasteiger partial charge in [0, 0.05) is 13.1 Å². The molecule has 1 atom stereocenters. The molecule has 1 unspecified atom stereocenters. The molecule has 0 amide bonds. The van der Waals surface area contributed by atoms with E-state index < -0.39 is 17.6 Å². The molecule has 1 fully saturated rings. The van der Waals surface area contributed by atoms with Gasteiger partial charge in [0.15, 0.2) is 0 Å². The molecule has 0 radical (unpaired) electrons. The van der Waals surface area contributed by atoms with E-state index in [0.717, 1.165) is 25.1 Å². The standard InChI is InChI=1S/C14H17F2NO2/c15-12-3-4-13(16)10(8-12)5-7-17-6-1-2-11(9-17)14(18)19/h3-4,8,11H,1-2,5-7,9H2,(H,18,19). The topological polar surface area (TPSA) is 40.5 Å². The summed E-state index contributed by atoms with van der Waals surface area (Å²) in [6, 6.07) is 3.43. The SMILES string of the molecule is O=C(O)C1CCCN(CCc2cc(F)ccc2F)C1. The number of halogens is 2. The molecule has 0 aliphatic carbocycles. The smallest absolute Gasteiger partial charge is 0.307 e. The Kier molecular flexibility index (Phi) is 4.47. The van der Waals surface area contributed by atoms with E-state index in [0.29, 0.717) is 31.5 Å². The van der Waals surface area contributed by atoms with Gasteiger partial charge in [-0.2, -0.15) is 0 Å². The lowest BCUT2D eigenvalue weighted by molar-refractivity contribution is -0.143. The molecule has 2 rings (SSSR count). The third kappa shape index (κ3) is 3.73. The van der Waals surface area contributed by atoms with E-state index in [1.54, 1.807) is 0 Å². The fraction of sp³-hybridized carbons (Fsp3) is 0.500. The van der Waals surface area contributed by atoms with Crippen LogP contribution in [0.3, 0.4) is 0 Å². The maximum Gasteiger partial charge on any atom is 0.307 e. The lowest BCUT2D eigenvalue weighted by atomic mass is 9.98. The van der Waals surface area contributed by atoms with Crippen molar-refractivity contribution in [1.82, 2.24) is 4.90 Å². The van der Waals surface area contributed by atoms with Gasteiger partial charge in [0.1, 0.15) is 11.6 Å². The number of benzene rings is 1. The van der Waals surface area contributed by atoms with E-state index in [-0.39, 0.29) is 5.92 Å². The van der Waals surface area contributed by atoms with Gasteiger partial charge in [0.2, 0.25) is 0 Å². The van der Waals surface area contributed by atoms with Crippen molar-refractivity contribution < 1.29 is 18.7 Å². The van der Waals surface area contributed by atoms with Crippen LogP contribution >= 0.6 is 0 Å². The average Bonchev–Trinajstić information content (AvgIpc) is 2.40. The van der Waals surface area contributed by atoms with Crippen molar-refractivity contribution in [2.45, 2.75) is 19.3 Å². The Balaban J connectivity index is 1.91. The van der Waals surface area contributed by atoms with Crippen LogP contribution in [0.25, 0.3) is 0 Å². The lowest BCUT2D eigenvalue weighted by Gasteiger charge is -2.30. The molecule has 0 saturated carbocycles. The minimum Gasteiger partial charge on any atom is -0.481 e. The zero-order chi connectivity index (χ0) is 13.8. The molecule has 104 valence electrons. The van der Waals surface area contributed by atoms with Gasteiger partial charge in [-0.3, -0.25) is 4.79 Å². The fourth-order valence-electron chi connectivity index (χ4n) is 2.47. The van der Waals surface area contributed by atoms with Crippen LogP contribution in [0.1, 0.15) is 18.4 Å². The highest BCUT2D eigenvalue weighted by atomic mass is 19.1. The minimum absolute atomic E-state index is 0.342. The first-order valence-electron chi connectivity index (χ1n) is 6.45. The number of carboxylic acid groups (broad SMARTS) is 1. The monoisotopic (exact) mass is 269 g/mol. The third-order valence-electron chi connectivity index (χ3n) is 3.56. The number of carboxylic acids is 1. The largest absolute Gasteiger partial charge is 0.481 e. The van der Waals surface area contributed by atoms with Crippen molar-refractivity contribution in [3.63, 3.8) is 0 Å². The number of nitrogens with zero attached hydrogens (tertiary/aromatic N) is 1. The van der Waals surface area contributed by atoms with Gasteiger partial charge >= 0.3 is 5.97 Å². The maximum absolute atomic E-state index is 13.4. The molecule has 0 spiro atoms. The minimum atomic E-state index is -0.776. The van der Waals surface area contributed by atoms with Gasteiger partial charge in [-0.05, 0) is 49.6 Å². The highest BCUT2D eigenvalue weighted by Crippen LogP contribution is 2.18. The molecule has 5 heteroatoms. The number of rotatable bonds is 4. The Morgan fingerprint density at radius 3 is 2.95 bits per heavy atom. The number of hydrogen-bond acceptors (Lipinski definition) is 2. The molecule has 1 N–H and O–H groups in total.